The van der Waals surface area contributed by atoms with Crippen molar-refractivity contribution in [3.05, 3.63) is 51.5 Å². The van der Waals surface area contributed by atoms with Gasteiger partial charge in [0.05, 0.1) is 18.5 Å². The van der Waals surface area contributed by atoms with E-state index in [1.165, 1.54) is 5.56 Å². The first kappa shape index (κ1) is 13.8. The van der Waals surface area contributed by atoms with Crippen LogP contribution >= 0.6 is 15.9 Å². The topological polar surface area (TPSA) is 66.0 Å². The number of nitrogens with one attached hydrogen (secondary N) is 1. The number of aromatic amines is 1. The third-order valence-corrected chi connectivity index (χ3v) is 3.61. The molecule has 0 saturated heterocycles. The maximum atomic E-state index is 11.1. The van der Waals surface area contributed by atoms with Crippen molar-refractivity contribution >= 4 is 21.9 Å². The van der Waals surface area contributed by atoms with Crippen LogP contribution in [0.1, 0.15) is 34.9 Å². The fraction of sp³-hybridized carbons (Fsp3) is 0.286. The highest BCUT2D eigenvalue weighted by Gasteiger charge is 2.21. The number of carbonyl (C=O) groups is 1. The minimum atomic E-state index is -0.837. The van der Waals surface area contributed by atoms with Crippen molar-refractivity contribution in [2.24, 2.45) is 0 Å². The van der Waals surface area contributed by atoms with Gasteiger partial charge >= 0.3 is 5.97 Å². The number of halogens is 1. The maximum absolute atomic E-state index is 11.1. The lowest BCUT2D eigenvalue weighted by Crippen LogP contribution is -2.10. The molecule has 1 unspecified atom stereocenters. The zero-order chi connectivity index (χ0) is 14.0. The van der Waals surface area contributed by atoms with Crippen molar-refractivity contribution in [3.63, 3.8) is 0 Å². The van der Waals surface area contributed by atoms with E-state index in [-0.39, 0.29) is 12.3 Å². The van der Waals surface area contributed by atoms with Gasteiger partial charge in [0, 0.05) is 0 Å². The normalized spacial score (nSPS) is 12.4. The molecule has 2 N–H and O–H groups in total. The lowest BCUT2D eigenvalue weighted by atomic mass is 9.92. The number of aryl methyl sites for hydroxylation is 2. The highest BCUT2D eigenvalue weighted by atomic mass is 79.9. The van der Waals surface area contributed by atoms with Crippen LogP contribution in [0.3, 0.4) is 0 Å². The standard InChI is InChI=1S/C14H15BrN2O2/c1-8-3-4-10(5-9(8)2)11(6-13(18)19)14-16-7-12(15)17-14/h3-5,7,11H,6H2,1-2H3,(H,16,17)(H,18,19). The molecule has 0 saturated carbocycles. The summed E-state index contributed by atoms with van der Waals surface area (Å²) in [4.78, 5) is 18.3. The molecule has 5 heteroatoms. The first-order valence-corrected chi connectivity index (χ1v) is 6.76. The highest BCUT2D eigenvalue weighted by Crippen LogP contribution is 2.28. The van der Waals surface area contributed by atoms with E-state index in [4.69, 9.17) is 5.11 Å². The van der Waals surface area contributed by atoms with Crippen molar-refractivity contribution in [1.82, 2.24) is 9.97 Å². The lowest BCUT2D eigenvalue weighted by molar-refractivity contribution is -0.137. The third kappa shape index (κ3) is 3.23. The summed E-state index contributed by atoms with van der Waals surface area (Å²) in [7, 11) is 0. The van der Waals surface area contributed by atoms with E-state index < -0.39 is 5.97 Å². The van der Waals surface area contributed by atoms with Crippen molar-refractivity contribution in [1.29, 1.82) is 0 Å². The first-order chi connectivity index (χ1) is 8.97. The molecule has 1 atom stereocenters. The van der Waals surface area contributed by atoms with Crippen molar-refractivity contribution in [2.75, 3.05) is 0 Å². The second-order valence-electron chi connectivity index (χ2n) is 4.61. The number of carboxylic acid groups (broad SMARTS) is 1. The Hall–Kier alpha value is -1.62. The van der Waals surface area contributed by atoms with Crippen LogP contribution in [0.15, 0.2) is 29.0 Å². The van der Waals surface area contributed by atoms with Gasteiger partial charge in [-0.15, -0.1) is 0 Å². The molecule has 0 radical (unpaired) electrons. The number of imidazole rings is 1. The monoisotopic (exact) mass is 322 g/mol. The van der Waals surface area contributed by atoms with Crippen LogP contribution in [-0.2, 0) is 4.79 Å². The molecule has 19 heavy (non-hydrogen) atoms. The van der Waals surface area contributed by atoms with E-state index in [0.717, 1.165) is 15.7 Å². The summed E-state index contributed by atoms with van der Waals surface area (Å²) in [6, 6.07) is 6.00. The van der Waals surface area contributed by atoms with Crippen LogP contribution in [0.5, 0.6) is 0 Å². The van der Waals surface area contributed by atoms with Gasteiger partial charge in [-0.3, -0.25) is 4.79 Å². The van der Waals surface area contributed by atoms with Crippen molar-refractivity contribution in [3.8, 4) is 0 Å². The van der Waals surface area contributed by atoms with Gasteiger partial charge in [0.1, 0.15) is 10.4 Å². The van der Waals surface area contributed by atoms with E-state index in [0.29, 0.717) is 5.82 Å². The van der Waals surface area contributed by atoms with E-state index in [1.807, 2.05) is 32.0 Å². The Morgan fingerprint density at radius 3 is 2.68 bits per heavy atom. The molecule has 1 aromatic carbocycles. The van der Waals surface area contributed by atoms with Crippen LogP contribution in [0.4, 0.5) is 0 Å². The minimum Gasteiger partial charge on any atom is -0.481 e. The number of H-pyrrole nitrogens is 1. The number of benzene rings is 1. The van der Waals surface area contributed by atoms with Crippen molar-refractivity contribution < 1.29 is 9.90 Å². The minimum absolute atomic E-state index is 0.0163. The van der Waals surface area contributed by atoms with E-state index in [1.54, 1.807) is 6.20 Å². The molecule has 0 fully saturated rings. The lowest BCUT2D eigenvalue weighted by Gasteiger charge is -2.14. The van der Waals surface area contributed by atoms with Crippen molar-refractivity contribution in [2.45, 2.75) is 26.2 Å². The van der Waals surface area contributed by atoms with Gasteiger partial charge in [0.25, 0.3) is 0 Å². The molecule has 2 rings (SSSR count). The summed E-state index contributed by atoms with van der Waals surface area (Å²) in [5.41, 5.74) is 3.31. The zero-order valence-electron chi connectivity index (χ0n) is 10.8. The molecule has 0 amide bonds. The molecular weight excluding hydrogens is 308 g/mol. The summed E-state index contributed by atoms with van der Waals surface area (Å²) in [5, 5.41) is 9.08. The van der Waals surface area contributed by atoms with Gasteiger partial charge in [0.2, 0.25) is 0 Å². The summed E-state index contributed by atoms with van der Waals surface area (Å²) in [6.45, 7) is 4.06. The SMILES string of the molecule is Cc1ccc(C(CC(=O)O)c2ncc(Br)[nH]2)cc1C. The summed E-state index contributed by atoms with van der Waals surface area (Å²) in [6.07, 6.45) is 1.66. The van der Waals surface area contributed by atoms with Gasteiger partial charge in [-0.1, -0.05) is 18.2 Å². The third-order valence-electron chi connectivity index (χ3n) is 3.21. The number of aliphatic carboxylic acids is 1. The van der Waals surface area contributed by atoms with E-state index in [9.17, 15) is 4.79 Å². The average molecular weight is 323 g/mol. The second-order valence-corrected chi connectivity index (χ2v) is 5.46. The van der Waals surface area contributed by atoms with E-state index in [2.05, 4.69) is 25.9 Å². The van der Waals surface area contributed by atoms with Crippen LogP contribution in [0, 0.1) is 13.8 Å². The van der Waals surface area contributed by atoms with Crippen LogP contribution in [0.25, 0.3) is 0 Å². The predicted molar refractivity (Wildman–Crippen MR) is 76.3 cm³/mol. The van der Waals surface area contributed by atoms with Crippen LogP contribution in [0.2, 0.25) is 0 Å². The number of hydrogen-bond donors (Lipinski definition) is 2. The molecule has 0 bridgehead atoms. The molecule has 0 spiro atoms. The second kappa shape index (κ2) is 5.57. The Labute approximate surface area is 120 Å². The van der Waals surface area contributed by atoms with E-state index >= 15 is 0 Å². The number of nitrogens with zero attached hydrogens (tertiary/aromatic N) is 1. The average Bonchev–Trinajstić information content (AvgIpc) is 2.76. The predicted octanol–water partition coefficient (Wildman–Crippen LogP) is 3.40. The summed E-state index contributed by atoms with van der Waals surface area (Å²) < 4.78 is 0.752. The van der Waals surface area contributed by atoms with Gasteiger partial charge < -0.3 is 10.1 Å². The quantitative estimate of drug-likeness (QED) is 0.906. The zero-order valence-corrected chi connectivity index (χ0v) is 12.4. The molecule has 1 aromatic heterocycles. The van der Waals surface area contributed by atoms with Crippen LogP contribution in [-0.4, -0.2) is 21.0 Å². The van der Waals surface area contributed by atoms with Gasteiger partial charge in [-0.25, -0.2) is 4.98 Å². The molecule has 0 aliphatic rings. The molecule has 4 nitrogen and oxygen atoms in total. The number of aromatic nitrogens is 2. The number of rotatable bonds is 4. The van der Waals surface area contributed by atoms with Gasteiger partial charge in [-0.05, 0) is 46.5 Å². The molecule has 100 valence electrons. The largest absolute Gasteiger partial charge is 0.481 e. The Bertz CT molecular complexity index is 607. The fourth-order valence-corrected chi connectivity index (χ4v) is 2.32. The molecule has 2 aromatic rings. The van der Waals surface area contributed by atoms with Gasteiger partial charge in [0.15, 0.2) is 0 Å². The molecular formula is C14H15BrN2O2. The molecule has 0 aliphatic heterocycles. The summed E-state index contributed by atoms with van der Waals surface area (Å²) in [5.74, 6) is -0.434. The molecule has 1 heterocycles. The Kier molecular flexibility index (Phi) is 4.04. The number of carboxylic acids is 1. The fourth-order valence-electron chi connectivity index (χ4n) is 2.02. The smallest absolute Gasteiger partial charge is 0.304 e. The molecule has 0 aliphatic carbocycles. The van der Waals surface area contributed by atoms with Crippen LogP contribution < -0.4 is 0 Å². The Morgan fingerprint density at radius 2 is 2.16 bits per heavy atom. The Balaban J connectivity index is 2.42. The Morgan fingerprint density at radius 1 is 1.42 bits per heavy atom. The maximum Gasteiger partial charge on any atom is 0.304 e. The first-order valence-electron chi connectivity index (χ1n) is 5.96. The number of hydrogen-bond acceptors (Lipinski definition) is 2. The summed E-state index contributed by atoms with van der Waals surface area (Å²) >= 11 is 3.30. The highest BCUT2D eigenvalue weighted by molar-refractivity contribution is 9.10. The van der Waals surface area contributed by atoms with Gasteiger partial charge in [-0.2, -0.15) is 0 Å².